The highest BCUT2D eigenvalue weighted by atomic mass is 16.6. The molecule has 0 aliphatic heterocycles. The highest BCUT2D eigenvalue weighted by Gasteiger charge is 2.26. The lowest BCUT2D eigenvalue weighted by molar-refractivity contribution is 0.0521. The van der Waals surface area contributed by atoms with E-state index in [2.05, 4.69) is 24.5 Å². The number of hydrogen-bond donors (Lipinski definition) is 2. The summed E-state index contributed by atoms with van der Waals surface area (Å²) >= 11 is 0. The van der Waals surface area contributed by atoms with Crippen molar-refractivity contribution < 1.29 is 19.1 Å². The van der Waals surface area contributed by atoms with E-state index in [-0.39, 0.29) is 12.2 Å². The molecule has 0 heterocycles. The quantitative estimate of drug-likeness (QED) is 0.624. The Bertz CT molecular complexity index is 721. The highest BCUT2D eigenvalue weighted by Crippen LogP contribution is 2.28. The Morgan fingerprint density at radius 1 is 0.828 bits per heavy atom. The van der Waals surface area contributed by atoms with Gasteiger partial charge in [-0.05, 0) is 75.0 Å². The molecule has 4 atom stereocenters. The van der Waals surface area contributed by atoms with Crippen LogP contribution in [-0.2, 0) is 9.47 Å². The Kier molecular flexibility index (Phi) is 7.40. The number of amides is 2. The number of carbonyl (C=O) groups excluding carboxylic acids is 2. The summed E-state index contributed by atoms with van der Waals surface area (Å²) in [7, 11) is 0. The average molecular weight is 403 g/mol. The first-order valence-corrected chi connectivity index (χ1v) is 11.0. The third kappa shape index (κ3) is 6.12. The van der Waals surface area contributed by atoms with Crippen LogP contribution in [0.15, 0.2) is 18.2 Å². The second-order valence-corrected chi connectivity index (χ2v) is 8.69. The Morgan fingerprint density at radius 3 is 1.90 bits per heavy atom. The first kappa shape index (κ1) is 21.5. The number of hydrogen-bond acceptors (Lipinski definition) is 4. The summed E-state index contributed by atoms with van der Waals surface area (Å²) in [5, 5.41) is 5.61. The predicted octanol–water partition coefficient (Wildman–Crippen LogP) is 6.25. The van der Waals surface area contributed by atoms with Gasteiger partial charge < -0.3 is 9.47 Å². The fourth-order valence-electron chi connectivity index (χ4n) is 4.31. The zero-order valence-corrected chi connectivity index (χ0v) is 17.8. The van der Waals surface area contributed by atoms with Gasteiger partial charge in [0.15, 0.2) is 0 Å². The standard InChI is InChI=1S/C23H34N2O4/c1-15-12-13-18(24-22(26)28-20-10-6-4-8-16(20)2)14-19(15)25-23(27)29-21-11-7-5-9-17(21)3/h12-14,16-17,20-21H,4-11H2,1-3H3,(H,24,26)(H,25,27). The van der Waals surface area contributed by atoms with Crippen LogP contribution < -0.4 is 10.6 Å². The van der Waals surface area contributed by atoms with Gasteiger partial charge in [-0.3, -0.25) is 10.6 Å². The lowest BCUT2D eigenvalue weighted by atomic mass is 9.88. The van der Waals surface area contributed by atoms with E-state index in [0.29, 0.717) is 23.2 Å². The normalized spacial score (nSPS) is 27.0. The molecule has 0 spiro atoms. The summed E-state index contributed by atoms with van der Waals surface area (Å²) in [6.07, 6.45) is 7.68. The Labute approximate surface area is 173 Å². The highest BCUT2D eigenvalue weighted by molar-refractivity contribution is 5.89. The SMILES string of the molecule is Cc1ccc(NC(=O)OC2CCCCC2C)cc1NC(=O)OC1CCCCC1C. The van der Waals surface area contributed by atoms with E-state index < -0.39 is 12.2 Å². The van der Waals surface area contributed by atoms with Crippen LogP contribution in [0.4, 0.5) is 21.0 Å². The van der Waals surface area contributed by atoms with Crippen LogP contribution in [0.3, 0.4) is 0 Å². The maximum Gasteiger partial charge on any atom is 0.411 e. The van der Waals surface area contributed by atoms with Gasteiger partial charge in [-0.1, -0.05) is 32.8 Å². The van der Waals surface area contributed by atoms with Crippen molar-refractivity contribution in [1.82, 2.24) is 0 Å². The Balaban J connectivity index is 1.56. The third-order valence-corrected chi connectivity index (χ3v) is 6.30. The van der Waals surface area contributed by atoms with Gasteiger partial charge in [0.05, 0.1) is 0 Å². The largest absolute Gasteiger partial charge is 0.446 e. The van der Waals surface area contributed by atoms with Crippen molar-refractivity contribution in [2.75, 3.05) is 10.6 Å². The molecule has 160 valence electrons. The van der Waals surface area contributed by atoms with Crippen LogP contribution in [0.2, 0.25) is 0 Å². The van der Waals surface area contributed by atoms with E-state index in [1.54, 1.807) is 12.1 Å². The van der Waals surface area contributed by atoms with Gasteiger partial charge in [-0.25, -0.2) is 9.59 Å². The number of carbonyl (C=O) groups is 2. The zero-order chi connectivity index (χ0) is 20.8. The summed E-state index contributed by atoms with van der Waals surface area (Å²) in [5.41, 5.74) is 2.12. The molecule has 2 aliphatic carbocycles. The number of nitrogens with one attached hydrogen (secondary N) is 2. The minimum atomic E-state index is -0.447. The van der Waals surface area contributed by atoms with E-state index in [1.807, 2.05) is 13.0 Å². The second-order valence-electron chi connectivity index (χ2n) is 8.69. The minimum Gasteiger partial charge on any atom is -0.446 e. The molecule has 0 radical (unpaired) electrons. The van der Waals surface area contributed by atoms with Gasteiger partial charge in [-0.15, -0.1) is 0 Å². The molecule has 2 fully saturated rings. The maximum atomic E-state index is 12.4. The van der Waals surface area contributed by atoms with E-state index in [4.69, 9.17) is 9.47 Å². The molecule has 6 nitrogen and oxygen atoms in total. The van der Waals surface area contributed by atoms with Crippen LogP contribution in [0.1, 0.15) is 70.8 Å². The number of ether oxygens (including phenoxy) is 2. The van der Waals surface area contributed by atoms with Gasteiger partial charge in [0.1, 0.15) is 12.2 Å². The molecule has 1 aromatic carbocycles. The second kappa shape index (κ2) is 9.99. The van der Waals surface area contributed by atoms with Crippen LogP contribution in [-0.4, -0.2) is 24.4 Å². The van der Waals surface area contributed by atoms with E-state index in [9.17, 15) is 9.59 Å². The van der Waals surface area contributed by atoms with Gasteiger partial charge in [0.25, 0.3) is 0 Å². The fourth-order valence-corrected chi connectivity index (χ4v) is 4.31. The zero-order valence-electron chi connectivity index (χ0n) is 17.8. The molecule has 29 heavy (non-hydrogen) atoms. The molecule has 2 saturated carbocycles. The van der Waals surface area contributed by atoms with Crippen molar-refractivity contribution in [2.24, 2.45) is 11.8 Å². The molecule has 1 aromatic rings. The smallest absolute Gasteiger partial charge is 0.411 e. The van der Waals surface area contributed by atoms with Crippen LogP contribution >= 0.6 is 0 Å². The lowest BCUT2D eigenvalue weighted by Gasteiger charge is -2.28. The summed E-state index contributed by atoms with van der Waals surface area (Å²) in [5.74, 6) is 0.780. The first-order valence-electron chi connectivity index (χ1n) is 11.0. The predicted molar refractivity (Wildman–Crippen MR) is 114 cm³/mol. The number of rotatable bonds is 4. The molecule has 2 aliphatic rings. The topological polar surface area (TPSA) is 76.7 Å². The monoisotopic (exact) mass is 402 g/mol. The first-order chi connectivity index (χ1) is 13.9. The molecule has 0 bridgehead atoms. The van der Waals surface area contributed by atoms with Crippen molar-refractivity contribution in [3.05, 3.63) is 23.8 Å². The third-order valence-electron chi connectivity index (χ3n) is 6.30. The minimum absolute atomic E-state index is 0.0285. The Hall–Kier alpha value is -2.24. The molecule has 2 N–H and O–H groups in total. The van der Waals surface area contributed by atoms with Crippen LogP contribution in [0, 0.1) is 18.8 Å². The molecule has 3 rings (SSSR count). The van der Waals surface area contributed by atoms with E-state index >= 15 is 0 Å². The summed E-state index contributed by atoms with van der Waals surface area (Å²) in [4.78, 5) is 24.7. The lowest BCUT2D eigenvalue weighted by Crippen LogP contribution is -2.30. The van der Waals surface area contributed by atoms with Crippen molar-refractivity contribution >= 4 is 23.6 Å². The Morgan fingerprint density at radius 2 is 1.34 bits per heavy atom. The van der Waals surface area contributed by atoms with Crippen LogP contribution in [0.25, 0.3) is 0 Å². The van der Waals surface area contributed by atoms with Crippen molar-refractivity contribution in [1.29, 1.82) is 0 Å². The molecule has 2 amide bonds. The molecule has 4 unspecified atom stereocenters. The summed E-state index contributed by atoms with van der Waals surface area (Å²) in [6.45, 7) is 6.17. The number of anilines is 2. The number of benzene rings is 1. The van der Waals surface area contributed by atoms with Gasteiger partial charge in [0, 0.05) is 11.4 Å². The molecule has 6 heteroatoms. The fraction of sp³-hybridized carbons (Fsp3) is 0.652. The van der Waals surface area contributed by atoms with Gasteiger partial charge in [0.2, 0.25) is 0 Å². The molecule has 0 saturated heterocycles. The van der Waals surface area contributed by atoms with Gasteiger partial charge in [-0.2, -0.15) is 0 Å². The van der Waals surface area contributed by atoms with E-state index in [1.165, 1.54) is 12.8 Å². The molecule has 0 aromatic heterocycles. The van der Waals surface area contributed by atoms with Crippen LogP contribution in [0.5, 0.6) is 0 Å². The van der Waals surface area contributed by atoms with Crippen molar-refractivity contribution in [3.8, 4) is 0 Å². The molecular weight excluding hydrogens is 368 g/mol. The summed E-state index contributed by atoms with van der Waals surface area (Å²) < 4.78 is 11.2. The number of aryl methyl sites for hydroxylation is 1. The average Bonchev–Trinajstić information content (AvgIpc) is 2.68. The summed E-state index contributed by atoms with van der Waals surface area (Å²) in [6, 6.07) is 5.41. The maximum absolute atomic E-state index is 12.4. The van der Waals surface area contributed by atoms with Crippen molar-refractivity contribution in [3.63, 3.8) is 0 Å². The van der Waals surface area contributed by atoms with Crippen molar-refractivity contribution in [2.45, 2.75) is 84.3 Å². The van der Waals surface area contributed by atoms with Gasteiger partial charge >= 0.3 is 12.2 Å². The molecular formula is C23H34N2O4. The van der Waals surface area contributed by atoms with E-state index in [0.717, 1.165) is 44.1 Å².